The van der Waals surface area contributed by atoms with Gasteiger partial charge in [0.1, 0.15) is 0 Å². The highest BCUT2D eigenvalue weighted by atomic mass is 35.5. The molecule has 1 heterocycles. The minimum Gasteiger partial charge on any atom is -0.321 e. The number of rotatable bonds is 4. The summed E-state index contributed by atoms with van der Waals surface area (Å²) in [5.74, 6) is -0.298. The lowest BCUT2D eigenvalue weighted by atomic mass is 10.2. The summed E-state index contributed by atoms with van der Waals surface area (Å²) < 4.78 is 2.07. The molecule has 0 bridgehead atoms. The zero-order valence-corrected chi connectivity index (χ0v) is 13.9. The van der Waals surface area contributed by atoms with E-state index in [1.807, 2.05) is 49.5 Å². The third kappa shape index (κ3) is 3.73. The van der Waals surface area contributed by atoms with E-state index in [1.165, 1.54) is 0 Å². The highest BCUT2D eigenvalue weighted by Gasteiger charge is 2.05. The van der Waals surface area contributed by atoms with E-state index >= 15 is 0 Å². The molecule has 0 fully saturated rings. The van der Waals surface area contributed by atoms with Gasteiger partial charge in [-0.3, -0.25) is 4.79 Å². The largest absolute Gasteiger partial charge is 0.321 e. The number of halogens is 1. The summed E-state index contributed by atoms with van der Waals surface area (Å²) in [5, 5.41) is 4.53. The number of hydrogen-bond acceptors (Lipinski definition) is 2. The number of aryl methyl sites for hydroxylation is 1. The van der Waals surface area contributed by atoms with Crippen molar-refractivity contribution in [3.05, 3.63) is 88.7 Å². The van der Waals surface area contributed by atoms with Crippen LogP contribution in [-0.2, 0) is 0 Å². The molecular weight excluding hydrogens is 322 g/mol. The van der Waals surface area contributed by atoms with Gasteiger partial charge < -0.3 is 4.57 Å². The molecule has 0 atom stereocenters. The second-order valence-electron chi connectivity index (χ2n) is 5.33. The number of carbonyl (C=O) groups excluding carboxylic acids is 1. The summed E-state index contributed by atoms with van der Waals surface area (Å²) in [6, 6.07) is 18.8. The van der Waals surface area contributed by atoms with Crippen molar-refractivity contribution in [2.75, 3.05) is 0 Å². The van der Waals surface area contributed by atoms with Gasteiger partial charge in [0.05, 0.1) is 6.21 Å². The van der Waals surface area contributed by atoms with Crippen LogP contribution in [-0.4, -0.2) is 16.7 Å². The molecule has 24 heavy (non-hydrogen) atoms. The Bertz CT molecular complexity index is 885. The Morgan fingerprint density at radius 2 is 1.92 bits per heavy atom. The zero-order chi connectivity index (χ0) is 16.9. The molecular formula is C19H16ClN3O. The maximum absolute atomic E-state index is 12.0. The monoisotopic (exact) mass is 337 g/mol. The van der Waals surface area contributed by atoms with Crippen LogP contribution >= 0.6 is 11.6 Å². The second-order valence-corrected chi connectivity index (χ2v) is 5.77. The van der Waals surface area contributed by atoms with E-state index in [9.17, 15) is 4.79 Å². The number of nitrogens with one attached hydrogen (secondary N) is 1. The first-order chi connectivity index (χ1) is 11.6. The van der Waals surface area contributed by atoms with Gasteiger partial charge in [-0.05, 0) is 43.3 Å². The Hall–Kier alpha value is -2.85. The van der Waals surface area contributed by atoms with Crippen LogP contribution in [0, 0.1) is 6.92 Å². The molecule has 3 rings (SSSR count). The van der Waals surface area contributed by atoms with Gasteiger partial charge >= 0.3 is 0 Å². The molecule has 0 aliphatic rings. The van der Waals surface area contributed by atoms with Crippen molar-refractivity contribution in [3.8, 4) is 5.69 Å². The van der Waals surface area contributed by atoms with E-state index in [0.717, 1.165) is 16.9 Å². The van der Waals surface area contributed by atoms with Crippen molar-refractivity contribution in [3.63, 3.8) is 0 Å². The quantitative estimate of drug-likeness (QED) is 0.562. The normalized spacial score (nSPS) is 10.9. The molecule has 120 valence electrons. The number of carbonyl (C=O) groups is 1. The molecule has 1 aromatic heterocycles. The highest BCUT2D eigenvalue weighted by molar-refractivity contribution is 6.30. The van der Waals surface area contributed by atoms with Gasteiger partial charge in [0.25, 0.3) is 5.91 Å². The summed E-state index contributed by atoms with van der Waals surface area (Å²) >= 11 is 5.88. The predicted molar refractivity (Wildman–Crippen MR) is 97.0 cm³/mol. The van der Waals surface area contributed by atoms with Crippen molar-refractivity contribution in [2.45, 2.75) is 6.92 Å². The van der Waals surface area contributed by atoms with E-state index in [-0.39, 0.29) is 5.91 Å². The third-order valence-electron chi connectivity index (χ3n) is 3.53. The second kappa shape index (κ2) is 7.15. The van der Waals surface area contributed by atoms with Gasteiger partial charge in [-0.2, -0.15) is 5.10 Å². The number of hydrogen-bond donors (Lipinski definition) is 1. The first kappa shape index (κ1) is 16.0. The topological polar surface area (TPSA) is 46.4 Å². The Morgan fingerprint density at radius 1 is 1.12 bits per heavy atom. The van der Waals surface area contributed by atoms with Crippen LogP contribution in [0.15, 0.2) is 72.0 Å². The fourth-order valence-corrected chi connectivity index (χ4v) is 2.59. The lowest BCUT2D eigenvalue weighted by molar-refractivity contribution is 0.0955. The smallest absolute Gasteiger partial charge is 0.271 e. The average molecular weight is 338 g/mol. The number of amides is 1. The highest BCUT2D eigenvalue weighted by Crippen LogP contribution is 2.14. The van der Waals surface area contributed by atoms with Gasteiger partial charge in [-0.25, -0.2) is 5.43 Å². The predicted octanol–water partition coefficient (Wildman–Crippen LogP) is 4.20. The fraction of sp³-hybridized carbons (Fsp3) is 0.0526. The van der Waals surface area contributed by atoms with Crippen LogP contribution in [0.25, 0.3) is 5.69 Å². The molecule has 0 unspecified atom stereocenters. The summed E-state index contributed by atoms with van der Waals surface area (Å²) in [5.41, 5.74) is 6.05. The molecule has 3 aromatic rings. The minimum atomic E-state index is -0.298. The van der Waals surface area contributed by atoms with E-state index < -0.39 is 0 Å². The van der Waals surface area contributed by atoms with E-state index in [2.05, 4.69) is 15.1 Å². The summed E-state index contributed by atoms with van der Waals surface area (Å²) in [7, 11) is 0. The number of hydrazone groups is 1. The number of benzene rings is 2. The molecule has 5 heteroatoms. The van der Waals surface area contributed by atoms with Crippen molar-refractivity contribution < 1.29 is 4.79 Å². The van der Waals surface area contributed by atoms with E-state index in [0.29, 0.717) is 10.6 Å². The molecule has 1 N–H and O–H groups in total. The summed E-state index contributed by atoms with van der Waals surface area (Å²) in [6.45, 7) is 2.02. The number of nitrogens with zero attached hydrogens (tertiary/aromatic N) is 2. The third-order valence-corrected chi connectivity index (χ3v) is 3.77. The van der Waals surface area contributed by atoms with Crippen LogP contribution in [0.1, 0.15) is 21.6 Å². The Kier molecular flexibility index (Phi) is 4.77. The molecule has 0 aliphatic carbocycles. The molecule has 0 radical (unpaired) electrons. The first-order valence-corrected chi connectivity index (χ1v) is 7.85. The van der Waals surface area contributed by atoms with Crippen LogP contribution in [0.3, 0.4) is 0 Å². The molecule has 2 aromatic carbocycles. The Labute approximate surface area is 145 Å². The molecule has 0 spiro atoms. The molecule has 0 saturated heterocycles. The number of aromatic nitrogens is 1. The van der Waals surface area contributed by atoms with Gasteiger partial charge in [-0.1, -0.05) is 35.9 Å². The minimum absolute atomic E-state index is 0.298. The van der Waals surface area contributed by atoms with Gasteiger partial charge in [0.15, 0.2) is 0 Å². The maximum atomic E-state index is 12.0. The van der Waals surface area contributed by atoms with Crippen LogP contribution in [0.2, 0.25) is 5.02 Å². The van der Waals surface area contributed by atoms with Crippen molar-refractivity contribution in [1.29, 1.82) is 0 Å². The lowest BCUT2D eigenvalue weighted by Gasteiger charge is -2.04. The van der Waals surface area contributed by atoms with Crippen molar-refractivity contribution in [2.24, 2.45) is 5.10 Å². The van der Waals surface area contributed by atoms with E-state index in [4.69, 9.17) is 11.6 Å². The van der Waals surface area contributed by atoms with Crippen molar-refractivity contribution >= 4 is 23.7 Å². The van der Waals surface area contributed by atoms with Crippen molar-refractivity contribution in [1.82, 2.24) is 9.99 Å². The summed E-state index contributed by atoms with van der Waals surface area (Å²) in [4.78, 5) is 12.0. The van der Waals surface area contributed by atoms with E-state index in [1.54, 1.807) is 30.5 Å². The Balaban J connectivity index is 1.70. The fourth-order valence-electron chi connectivity index (χ4n) is 2.40. The molecule has 4 nitrogen and oxygen atoms in total. The SMILES string of the molecule is Cc1cc(/C=N\NC(=O)c2cccc(Cl)c2)cn1-c1ccccc1. The number of para-hydroxylation sites is 1. The summed E-state index contributed by atoms with van der Waals surface area (Å²) in [6.07, 6.45) is 3.59. The maximum Gasteiger partial charge on any atom is 0.271 e. The molecule has 0 saturated carbocycles. The van der Waals surface area contributed by atoms with Gasteiger partial charge in [-0.15, -0.1) is 0 Å². The average Bonchev–Trinajstić information content (AvgIpc) is 2.96. The van der Waals surface area contributed by atoms with Crippen LogP contribution in [0.4, 0.5) is 0 Å². The van der Waals surface area contributed by atoms with Crippen LogP contribution in [0.5, 0.6) is 0 Å². The zero-order valence-electron chi connectivity index (χ0n) is 13.1. The van der Waals surface area contributed by atoms with Gasteiger partial charge in [0, 0.05) is 33.7 Å². The standard InChI is InChI=1S/C19H16ClN3O/c1-14-10-15(13-23(14)18-8-3-2-4-9-18)12-21-22-19(24)16-6-5-7-17(20)11-16/h2-13H,1H3,(H,22,24)/b21-12-. The first-order valence-electron chi connectivity index (χ1n) is 7.47. The van der Waals surface area contributed by atoms with Crippen LogP contribution < -0.4 is 5.43 Å². The molecule has 0 aliphatic heterocycles. The Morgan fingerprint density at radius 3 is 2.67 bits per heavy atom. The molecule has 1 amide bonds. The lowest BCUT2D eigenvalue weighted by Crippen LogP contribution is -2.17. The van der Waals surface area contributed by atoms with Gasteiger partial charge in [0.2, 0.25) is 0 Å².